The van der Waals surface area contributed by atoms with Gasteiger partial charge >= 0.3 is 0 Å². The highest BCUT2D eigenvalue weighted by Crippen LogP contribution is 2.35. The highest BCUT2D eigenvalue weighted by Gasteiger charge is 2.21. The fourth-order valence-corrected chi connectivity index (χ4v) is 3.65. The van der Waals surface area contributed by atoms with Crippen molar-refractivity contribution in [2.75, 3.05) is 5.32 Å². The van der Waals surface area contributed by atoms with Crippen molar-refractivity contribution in [1.29, 1.82) is 5.26 Å². The molecule has 10 heteroatoms. The summed E-state index contributed by atoms with van der Waals surface area (Å²) >= 11 is 9.63. The van der Waals surface area contributed by atoms with Crippen LogP contribution in [0.5, 0.6) is 0 Å². The zero-order valence-corrected chi connectivity index (χ0v) is 18.3. The minimum absolute atomic E-state index is 0.0281. The summed E-state index contributed by atoms with van der Waals surface area (Å²) < 4.78 is 6.42. The van der Waals surface area contributed by atoms with Gasteiger partial charge in [0.05, 0.1) is 16.8 Å². The minimum atomic E-state index is -0.320. The summed E-state index contributed by atoms with van der Waals surface area (Å²) in [4.78, 5) is 20.9. The predicted molar refractivity (Wildman–Crippen MR) is 117 cm³/mol. The van der Waals surface area contributed by atoms with Gasteiger partial charge in [0, 0.05) is 21.9 Å². The smallest absolute Gasteiger partial charge is 0.269 e. The van der Waals surface area contributed by atoms with Gasteiger partial charge in [0.1, 0.15) is 6.07 Å². The summed E-state index contributed by atoms with van der Waals surface area (Å²) in [6.07, 6.45) is 2.82. The Hall–Kier alpha value is -3.61. The molecule has 1 N–H and O–H groups in total. The average Bonchev–Trinajstić information content (AvgIpc) is 3.25. The first-order valence-corrected chi connectivity index (χ1v) is 10.1. The summed E-state index contributed by atoms with van der Waals surface area (Å²) in [7, 11) is 0. The van der Waals surface area contributed by atoms with Gasteiger partial charge in [-0.15, -0.1) is 10.2 Å². The van der Waals surface area contributed by atoms with E-state index in [-0.39, 0.29) is 29.1 Å². The second-order valence-corrected chi connectivity index (χ2v) is 7.65. The molecule has 0 bridgehead atoms. The van der Waals surface area contributed by atoms with Gasteiger partial charge < -0.3 is 9.73 Å². The monoisotopic (exact) mass is 494 g/mol. The van der Waals surface area contributed by atoms with E-state index in [0.29, 0.717) is 31.9 Å². The number of hydrogen-bond donors (Lipinski definition) is 1. The van der Waals surface area contributed by atoms with Crippen LogP contribution in [0.2, 0.25) is 5.02 Å². The third-order valence-corrected chi connectivity index (χ3v) is 5.23. The van der Waals surface area contributed by atoms with E-state index in [1.165, 1.54) is 12.4 Å². The highest BCUT2D eigenvalue weighted by atomic mass is 79.9. The highest BCUT2D eigenvalue weighted by molar-refractivity contribution is 9.10. The first kappa shape index (κ1) is 20.7. The Morgan fingerprint density at radius 1 is 1.16 bits per heavy atom. The van der Waals surface area contributed by atoms with Crippen LogP contribution in [0.1, 0.15) is 21.6 Å². The van der Waals surface area contributed by atoms with Crippen LogP contribution in [0.15, 0.2) is 57.7 Å². The van der Waals surface area contributed by atoms with E-state index in [9.17, 15) is 10.1 Å². The van der Waals surface area contributed by atoms with Crippen LogP contribution in [0, 0.1) is 18.3 Å². The molecule has 0 aliphatic carbocycles. The molecule has 152 valence electrons. The fourth-order valence-electron chi connectivity index (χ4n) is 2.91. The molecular weight excluding hydrogens is 484 g/mol. The molecule has 0 radical (unpaired) electrons. The Morgan fingerprint density at radius 2 is 1.90 bits per heavy atom. The van der Waals surface area contributed by atoms with Gasteiger partial charge in [-0.1, -0.05) is 23.7 Å². The Labute approximate surface area is 190 Å². The number of rotatable bonds is 4. The van der Waals surface area contributed by atoms with Crippen molar-refractivity contribution in [3.8, 4) is 29.1 Å². The van der Waals surface area contributed by atoms with Crippen molar-refractivity contribution in [2.24, 2.45) is 0 Å². The van der Waals surface area contributed by atoms with Gasteiger partial charge in [-0.05, 0) is 52.7 Å². The number of hydrogen-bond acceptors (Lipinski definition) is 7. The molecule has 0 aliphatic heterocycles. The molecule has 2 aromatic heterocycles. The lowest BCUT2D eigenvalue weighted by Gasteiger charge is -2.13. The van der Waals surface area contributed by atoms with E-state index in [2.05, 4.69) is 41.4 Å². The molecule has 1 amide bonds. The molecule has 0 fully saturated rings. The lowest BCUT2D eigenvalue weighted by Crippen LogP contribution is -2.14. The van der Waals surface area contributed by atoms with Gasteiger partial charge in [-0.25, -0.2) is 9.97 Å². The summed E-state index contributed by atoms with van der Waals surface area (Å²) in [5.74, 6) is -0.183. The zero-order valence-electron chi connectivity index (χ0n) is 15.9. The first-order chi connectivity index (χ1) is 15.0. The second-order valence-electron chi connectivity index (χ2n) is 6.36. The van der Waals surface area contributed by atoms with Crippen LogP contribution in [-0.4, -0.2) is 26.1 Å². The van der Waals surface area contributed by atoms with Crippen LogP contribution in [0.4, 0.5) is 5.69 Å². The van der Waals surface area contributed by atoms with E-state index in [1.54, 1.807) is 37.3 Å². The standard InChI is InChI=1S/C21H12BrClN6O2/c1-11-8-12(23)9-14(17(11)27-19(30)13-4-2-3-5-15(13)22)20-28-29-21(31-20)18-16(10-24)25-6-7-26-18/h2-9H,1H3,(H,27,30). The summed E-state index contributed by atoms with van der Waals surface area (Å²) in [6.45, 7) is 1.80. The number of carbonyl (C=O) groups is 1. The Balaban J connectivity index is 1.77. The number of carbonyl (C=O) groups excluding carboxylic acids is 1. The maximum Gasteiger partial charge on any atom is 0.269 e. The largest absolute Gasteiger partial charge is 0.414 e. The molecule has 0 saturated carbocycles. The van der Waals surface area contributed by atoms with Crippen LogP contribution in [0.25, 0.3) is 23.0 Å². The number of benzene rings is 2. The van der Waals surface area contributed by atoms with E-state index >= 15 is 0 Å². The van der Waals surface area contributed by atoms with E-state index in [4.69, 9.17) is 16.0 Å². The molecule has 0 spiro atoms. The van der Waals surface area contributed by atoms with Gasteiger partial charge in [0.15, 0.2) is 11.4 Å². The van der Waals surface area contributed by atoms with Crippen molar-refractivity contribution in [3.63, 3.8) is 0 Å². The van der Waals surface area contributed by atoms with Crippen LogP contribution >= 0.6 is 27.5 Å². The van der Waals surface area contributed by atoms with E-state index < -0.39 is 0 Å². The number of nitrogens with zero attached hydrogens (tertiary/aromatic N) is 5. The third-order valence-electron chi connectivity index (χ3n) is 4.32. The number of aromatic nitrogens is 4. The van der Waals surface area contributed by atoms with E-state index in [0.717, 1.165) is 0 Å². The Morgan fingerprint density at radius 3 is 2.68 bits per heavy atom. The maximum atomic E-state index is 12.9. The molecule has 0 saturated heterocycles. The molecule has 8 nitrogen and oxygen atoms in total. The second kappa shape index (κ2) is 8.63. The van der Waals surface area contributed by atoms with Gasteiger partial charge in [-0.2, -0.15) is 5.26 Å². The van der Waals surface area contributed by atoms with Crippen molar-refractivity contribution in [1.82, 2.24) is 20.2 Å². The molecular formula is C21H12BrClN6O2. The summed E-state index contributed by atoms with van der Waals surface area (Å²) in [5, 5.41) is 20.6. The molecule has 31 heavy (non-hydrogen) atoms. The Bertz CT molecular complexity index is 1350. The van der Waals surface area contributed by atoms with Crippen molar-refractivity contribution >= 4 is 39.1 Å². The lowest BCUT2D eigenvalue weighted by atomic mass is 10.1. The fraction of sp³-hybridized carbons (Fsp3) is 0.0476. The van der Waals surface area contributed by atoms with Crippen LogP contribution in [-0.2, 0) is 0 Å². The van der Waals surface area contributed by atoms with Crippen molar-refractivity contribution in [3.05, 3.63) is 75.1 Å². The molecule has 4 rings (SSSR count). The summed E-state index contributed by atoms with van der Waals surface area (Å²) in [5.41, 5.74) is 2.31. The van der Waals surface area contributed by atoms with Crippen LogP contribution < -0.4 is 5.32 Å². The molecule has 2 heterocycles. The third kappa shape index (κ3) is 4.17. The number of nitrogens with one attached hydrogen (secondary N) is 1. The molecule has 2 aromatic carbocycles. The Kier molecular flexibility index (Phi) is 5.75. The first-order valence-electron chi connectivity index (χ1n) is 8.89. The van der Waals surface area contributed by atoms with Crippen LogP contribution in [0.3, 0.4) is 0 Å². The number of halogens is 2. The normalized spacial score (nSPS) is 10.5. The topological polar surface area (TPSA) is 118 Å². The zero-order chi connectivity index (χ0) is 22.0. The van der Waals surface area contributed by atoms with Gasteiger partial charge in [0.25, 0.3) is 11.8 Å². The lowest BCUT2D eigenvalue weighted by molar-refractivity contribution is 0.102. The number of anilines is 1. The number of aryl methyl sites for hydroxylation is 1. The average molecular weight is 496 g/mol. The van der Waals surface area contributed by atoms with Gasteiger partial charge in [-0.3, -0.25) is 4.79 Å². The van der Waals surface area contributed by atoms with Gasteiger partial charge in [0.2, 0.25) is 5.89 Å². The predicted octanol–water partition coefficient (Wildman–Crippen LogP) is 5.04. The SMILES string of the molecule is Cc1cc(Cl)cc(-c2nnc(-c3nccnc3C#N)o2)c1NC(=O)c1ccccc1Br. The molecule has 0 aliphatic rings. The molecule has 0 atom stereocenters. The van der Waals surface area contributed by atoms with E-state index in [1.807, 2.05) is 12.1 Å². The number of amides is 1. The molecule has 4 aromatic rings. The van der Waals surface area contributed by atoms with Crippen molar-refractivity contribution < 1.29 is 9.21 Å². The van der Waals surface area contributed by atoms with Crippen molar-refractivity contribution in [2.45, 2.75) is 6.92 Å². The summed E-state index contributed by atoms with van der Waals surface area (Å²) in [6, 6.07) is 12.3. The molecule has 0 unspecified atom stereocenters. The maximum absolute atomic E-state index is 12.9. The number of nitriles is 1. The quantitative estimate of drug-likeness (QED) is 0.421. The minimum Gasteiger partial charge on any atom is -0.414 e.